The van der Waals surface area contributed by atoms with Crippen LogP contribution in [0.5, 0.6) is 0 Å². The Hall–Kier alpha value is -2.36. The van der Waals surface area contributed by atoms with E-state index in [4.69, 9.17) is 5.11 Å². The van der Waals surface area contributed by atoms with Gasteiger partial charge in [-0.1, -0.05) is 39.8 Å². The number of fused-ring (bicyclic) bond motifs is 1. The number of carbonyl (C=O) groups excluding carboxylic acids is 1. The van der Waals surface area contributed by atoms with Crippen LogP contribution < -0.4 is 0 Å². The number of nitrogens with zero attached hydrogens (tertiary/aromatic N) is 1. The summed E-state index contributed by atoms with van der Waals surface area (Å²) in [6.45, 7) is 9.88. The van der Waals surface area contributed by atoms with E-state index in [0.717, 1.165) is 23.9 Å². The maximum atomic E-state index is 12.9. The highest BCUT2D eigenvalue weighted by atomic mass is 16.4. The van der Waals surface area contributed by atoms with Crippen molar-refractivity contribution in [3.8, 4) is 0 Å². The highest BCUT2D eigenvalue weighted by Gasteiger charge is 2.18. The average Bonchev–Trinajstić information content (AvgIpc) is 2.51. The molecule has 2 rings (SSSR count). The van der Waals surface area contributed by atoms with Gasteiger partial charge in [-0.05, 0) is 46.9 Å². The van der Waals surface area contributed by atoms with E-state index in [-0.39, 0.29) is 11.5 Å². The van der Waals surface area contributed by atoms with E-state index in [2.05, 4.69) is 27.7 Å². The summed E-state index contributed by atoms with van der Waals surface area (Å²) in [7, 11) is 0. The fourth-order valence-corrected chi connectivity index (χ4v) is 2.82. The predicted molar refractivity (Wildman–Crippen MR) is 96.5 cm³/mol. The molecule has 0 radical (unpaired) electrons. The Kier molecular flexibility index (Phi) is 5.60. The fraction of sp³-hybridized carbons (Fsp3) is 0.400. The van der Waals surface area contributed by atoms with E-state index in [0.29, 0.717) is 17.4 Å². The second-order valence-electron chi connectivity index (χ2n) is 7.08. The van der Waals surface area contributed by atoms with Gasteiger partial charge in [0, 0.05) is 18.7 Å². The van der Waals surface area contributed by atoms with Crippen LogP contribution >= 0.6 is 0 Å². The van der Waals surface area contributed by atoms with Crippen molar-refractivity contribution in [2.45, 2.75) is 27.7 Å². The Morgan fingerprint density at radius 3 is 1.79 bits per heavy atom. The lowest BCUT2D eigenvalue weighted by Gasteiger charge is -2.26. The molecular formula is C20H25NO3. The number of carbonyl (C=O) groups is 2. The smallest absolute Gasteiger partial charge is 0.335 e. The summed E-state index contributed by atoms with van der Waals surface area (Å²) in [5, 5.41) is 10.8. The van der Waals surface area contributed by atoms with Gasteiger partial charge in [-0.25, -0.2) is 4.79 Å². The molecule has 24 heavy (non-hydrogen) atoms. The normalized spacial score (nSPS) is 11.2. The highest BCUT2D eigenvalue weighted by molar-refractivity contribution is 6.00. The second kappa shape index (κ2) is 7.47. The van der Waals surface area contributed by atoms with Crippen LogP contribution in [-0.4, -0.2) is 35.0 Å². The number of benzene rings is 2. The third kappa shape index (κ3) is 4.34. The lowest BCUT2D eigenvalue weighted by Crippen LogP contribution is -2.37. The van der Waals surface area contributed by atoms with Gasteiger partial charge in [0.05, 0.1) is 5.56 Å². The van der Waals surface area contributed by atoms with Crippen molar-refractivity contribution in [2.24, 2.45) is 11.8 Å². The molecule has 0 aliphatic heterocycles. The van der Waals surface area contributed by atoms with Crippen molar-refractivity contribution in [3.05, 3.63) is 47.5 Å². The monoisotopic (exact) mass is 327 g/mol. The van der Waals surface area contributed by atoms with Gasteiger partial charge >= 0.3 is 5.97 Å². The molecule has 0 saturated heterocycles. The molecule has 2 aromatic carbocycles. The van der Waals surface area contributed by atoms with E-state index in [9.17, 15) is 9.59 Å². The number of carboxylic acids is 1. The van der Waals surface area contributed by atoms with E-state index in [1.807, 2.05) is 17.0 Å². The van der Waals surface area contributed by atoms with Crippen LogP contribution in [0.1, 0.15) is 48.4 Å². The molecule has 0 aromatic heterocycles. The maximum absolute atomic E-state index is 12.9. The molecule has 0 aliphatic rings. The molecule has 0 bridgehead atoms. The number of amides is 1. The first kappa shape index (κ1) is 18.0. The molecule has 0 spiro atoms. The molecule has 1 N–H and O–H groups in total. The molecule has 1 amide bonds. The van der Waals surface area contributed by atoms with Crippen LogP contribution in [-0.2, 0) is 0 Å². The topological polar surface area (TPSA) is 57.6 Å². The Morgan fingerprint density at radius 2 is 1.33 bits per heavy atom. The summed E-state index contributed by atoms with van der Waals surface area (Å²) < 4.78 is 0. The van der Waals surface area contributed by atoms with Gasteiger partial charge < -0.3 is 10.0 Å². The van der Waals surface area contributed by atoms with Crippen LogP contribution in [0.15, 0.2) is 36.4 Å². The quantitative estimate of drug-likeness (QED) is 0.861. The van der Waals surface area contributed by atoms with Crippen LogP contribution in [0.25, 0.3) is 10.8 Å². The molecule has 128 valence electrons. The first-order valence-corrected chi connectivity index (χ1v) is 8.34. The van der Waals surface area contributed by atoms with Crippen molar-refractivity contribution in [3.63, 3.8) is 0 Å². The Labute approximate surface area is 143 Å². The SMILES string of the molecule is CC(C)CN(CC(C)C)C(=O)c1ccc2cc(C(=O)O)ccc2c1. The highest BCUT2D eigenvalue weighted by Crippen LogP contribution is 2.20. The fourth-order valence-electron chi connectivity index (χ4n) is 2.82. The molecule has 4 heteroatoms. The predicted octanol–water partition coefficient (Wildman–Crippen LogP) is 4.29. The van der Waals surface area contributed by atoms with Crippen LogP contribution in [0.3, 0.4) is 0 Å². The zero-order valence-corrected chi connectivity index (χ0v) is 14.7. The van der Waals surface area contributed by atoms with E-state index in [1.54, 1.807) is 24.3 Å². The number of aromatic carboxylic acids is 1. The Balaban J connectivity index is 2.33. The summed E-state index contributed by atoms with van der Waals surface area (Å²) in [5.74, 6) is -0.101. The Bertz CT molecular complexity index is 740. The number of hydrogen-bond donors (Lipinski definition) is 1. The molecule has 0 fully saturated rings. The van der Waals surface area contributed by atoms with Gasteiger partial charge in [0.25, 0.3) is 5.91 Å². The number of hydrogen-bond acceptors (Lipinski definition) is 2. The molecule has 0 saturated carbocycles. The summed E-state index contributed by atoms with van der Waals surface area (Å²) in [6, 6.07) is 10.4. The van der Waals surface area contributed by atoms with Gasteiger partial charge in [-0.15, -0.1) is 0 Å². The minimum absolute atomic E-state index is 0.0293. The number of carboxylic acid groups (broad SMARTS) is 1. The van der Waals surface area contributed by atoms with Gasteiger partial charge in [0.1, 0.15) is 0 Å². The Morgan fingerprint density at radius 1 is 0.875 bits per heavy atom. The largest absolute Gasteiger partial charge is 0.478 e. The average molecular weight is 327 g/mol. The first-order valence-electron chi connectivity index (χ1n) is 8.34. The van der Waals surface area contributed by atoms with Gasteiger partial charge in [-0.2, -0.15) is 0 Å². The molecule has 0 unspecified atom stereocenters. The van der Waals surface area contributed by atoms with E-state index < -0.39 is 5.97 Å². The van der Waals surface area contributed by atoms with Crippen LogP contribution in [0.2, 0.25) is 0 Å². The third-order valence-corrected chi connectivity index (χ3v) is 3.79. The van der Waals surface area contributed by atoms with E-state index in [1.165, 1.54) is 0 Å². The van der Waals surface area contributed by atoms with Gasteiger partial charge in [-0.3, -0.25) is 4.79 Å². The second-order valence-corrected chi connectivity index (χ2v) is 7.08. The minimum atomic E-state index is -0.947. The van der Waals surface area contributed by atoms with Crippen molar-refractivity contribution >= 4 is 22.6 Å². The molecule has 0 atom stereocenters. The molecule has 0 aliphatic carbocycles. The lowest BCUT2D eigenvalue weighted by atomic mass is 10.0. The summed E-state index contributed by atoms with van der Waals surface area (Å²) in [6.07, 6.45) is 0. The maximum Gasteiger partial charge on any atom is 0.335 e. The molecular weight excluding hydrogens is 302 g/mol. The third-order valence-electron chi connectivity index (χ3n) is 3.79. The van der Waals surface area contributed by atoms with Gasteiger partial charge in [0.15, 0.2) is 0 Å². The first-order chi connectivity index (χ1) is 11.3. The summed E-state index contributed by atoms with van der Waals surface area (Å²) in [5.41, 5.74) is 0.898. The minimum Gasteiger partial charge on any atom is -0.478 e. The van der Waals surface area contributed by atoms with Crippen LogP contribution in [0.4, 0.5) is 0 Å². The zero-order valence-electron chi connectivity index (χ0n) is 14.7. The number of rotatable bonds is 6. The summed E-state index contributed by atoms with van der Waals surface area (Å²) >= 11 is 0. The van der Waals surface area contributed by atoms with Crippen molar-refractivity contribution in [1.82, 2.24) is 4.90 Å². The molecule has 2 aromatic rings. The van der Waals surface area contributed by atoms with Crippen LogP contribution in [0, 0.1) is 11.8 Å². The lowest BCUT2D eigenvalue weighted by molar-refractivity contribution is 0.0693. The van der Waals surface area contributed by atoms with Crippen molar-refractivity contribution in [2.75, 3.05) is 13.1 Å². The van der Waals surface area contributed by atoms with Crippen molar-refractivity contribution in [1.29, 1.82) is 0 Å². The molecule has 4 nitrogen and oxygen atoms in total. The standard InChI is InChI=1S/C20H25NO3/c1-13(2)11-21(12-14(3)4)19(22)17-7-5-16-10-18(20(23)24)8-6-15(16)9-17/h5-10,13-14H,11-12H2,1-4H3,(H,23,24). The summed E-state index contributed by atoms with van der Waals surface area (Å²) in [4.78, 5) is 25.8. The zero-order chi connectivity index (χ0) is 17.9. The van der Waals surface area contributed by atoms with E-state index >= 15 is 0 Å². The van der Waals surface area contributed by atoms with Crippen molar-refractivity contribution < 1.29 is 14.7 Å². The van der Waals surface area contributed by atoms with Gasteiger partial charge in [0.2, 0.25) is 0 Å². The molecule has 0 heterocycles.